The summed E-state index contributed by atoms with van der Waals surface area (Å²) in [6, 6.07) is 6.06. The van der Waals surface area contributed by atoms with E-state index in [1.807, 2.05) is 27.7 Å². The van der Waals surface area contributed by atoms with Crippen molar-refractivity contribution < 1.29 is 18.7 Å². The minimum absolute atomic E-state index is 0.0416. The fourth-order valence-electron chi connectivity index (χ4n) is 3.20. The molecule has 0 unspecified atom stereocenters. The SMILES string of the molecule is CC(C)c1cc(C(=O)OCC(=O)N(C)Cc2c(F)cccc2Cl)c2cnn(C(C)C)c2n1. The number of pyridine rings is 1. The van der Waals surface area contributed by atoms with Gasteiger partial charge in [-0.2, -0.15) is 5.10 Å². The maximum atomic E-state index is 14.0. The van der Waals surface area contributed by atoms with E-state index >= 15 is 0 Å². The Balaban J connectivity index is 1.77. The zero-order valence-electron chi connectivity index (χ0n) is 18.7. The number of carbonyl (C=O) groups excluding carboxylic acids is 2. The van der Waals surface area contributed by atoms with E-state index in [4.69, 9.17) is 16.3 Å². The minimum Gasteiger partial charge on any atom is -0.452 e. The summed E-state index contributed by atoms with van der Waals surface area (Å²) in [5.41, 5.74) is 1.83. The number of ether oxygens (including phenoxy) is 1. The number of nitrogens with zero attached hydrogens (tertiary/aromatic N) is 4. The monoisotopic (exact) mass is 460 g/mol. The van der Waals surface area contributed by atoms with Crippen LogP contribution < -0.4 is 0 Å². The van der Waals surface area contributed by atoms with Crippen LogP contribution in [0.1, 0.15) is 61.3 Å². The lowest BCUT2D eigenvalue weighted by Gasteiger charge is -2.18. The van der Waals surface area contributed by atoms with Gasteiger partial charge in [0.25, 0.3) is 5.91 Å². The van der Waals surface area contributed by atoms with Crippen molar-refractivity contribution in [3.63, 3.8) is 0 Å². The predicted molar refractivity (Wildman–Crippen MR) is 120 cm³/mol. The van der Waals surface area contributed by atoms with Gasteiger partial charge in [0.15, 0.2) is 12.3 Å². The van der Waals surface area contributed by atoms with Crippen molar-refractivity contribution in [1.82, 2.24) is 19.7 Å². The van der Waals surface area contributed by atoms with E-state index in [-0.39, 0.29) is 29.1 Å². The van der Waals surface area contributed by atoms with Gasteiger partial charge in [-0.25, -0.2) is 18.9 Å². The molecule has 1 aromatic carbocycles. The van der Waals surface area contributed by atoms with E-state index in [1.165, 1.54) is 24.1 Å². The highest BCUT2D eigenvalue weighted by Gasteiger charge is 2.22. The lowest BCUT2D eigenvalue weighted by molar-refractivity contribution is -0.133. The fraction of sp³-hybridized carbons (Fsp3) is 0.391. The van der Waals surface area contributed by atoms with Gasteiger partial charge in [0.05, 0.1) is 17.1 Å². The first kappa shape index (κ1) is 23.7. The van der Waals surface area contributed by atoms with Gasteiger partial charge in [-0.15, -0.1) is 0 Å². The van der Waals surface area contributed by atoms with E-state index in [9.17, 15) is 14.0 Å². The van der Waals surface area contributed by atoms with Crippen LogP contribution in [0.3, 0.4) is 0 Å². The number of rotatable bonds is 7. The third-order valence-corrected chi connectivity index (χ3v) is 5.45. The summed E-state index contributed by atoms with van der Waals surface area (Å²) in [5, 5.41) is 5.14. The summed E-state index contributed by atoms with van der Waals surface area (Å²) in [6.07, 6.45) is 1.58. The molecule has 0 saturated heterocycles. The van der Waals surface area contributed by atoms with Crippen molar-refractivity contribution >= 4 is 34.5 Å². The summed E-state index contributed by atoms with van der Waals surface area (Å²) in [4.78, 5) is 31.3. The molecule has 0 aliphatic carbocycles. The standard InChI is InChI=1S/C23H26ClFN4O3/c1-13(2)20-9-15(16-10-26-29(14(3)4)22(16)27-20)23(31)32-12-21(30)28(5)11-17-18(24)7-6-8-19(17)25/h6-10,13-14H,11-12H2,1-5H3. The lowest BCUT2D eigenvalue weighted by atomic mass is 10.1. The predicted octanol–water partition coefficient (Wildman–Crippen LogP) is 4.74. The number of halogens is 2. The molecule has 0 spiro atoms. The molecule has 170 valence electrons. The van der Waals surface area contributed by atoms with E-state index in [0.29, 0.717) is 16.6 Å². The first-order valence-electron chi connectivity index (χ1n) is 10.3. The summed E-state index contributed by atoms with van der Waals surface area (Å²) in [6.45, 7) is 7.38. The molecule has 0 fully saturated rings. The van der Waals surface area contributed by atoms with Crippen LogP contribution in [0.4, 0.5) is 4.39 Å². The van der Waals surface area contributed by atoms with Gasteiger partial charge in [0, 0.05) is 35.9 Å². The third kappa shape index (κ3) is 4.91. The van der Waals surface area contributed by atoms with Gasteiger partial charge in [-0.3, -0.25) is 4.79 Å². The van der Waals surface area contributed by atoms with Crippen LogP contribution in [0.25, 0.3) is 11.0 Å². The molecule has 1 amide bonds. The van der Waals surface area contributed by atoms with Crippen LogP contribution in [0.15, 0.2) is 30.5 Å². The molecular weight excluding hydrogens is 435 g/mol. The first-order valence-corrected chi connectivity index (χ1v) is 10.7. The van der Waals surface area contributed by atoms with E-state index in [0.717, 1.165) is 5.69 Å². The lowest BCUT2D eigenvalue weighted by Crippen LogP contribution is -2.31. The minimum atomic E-state index is -0.645. The fourth-order valence-corrected chi connectivity index (χ4v) is 3.43. The molecule has 3 aromatic rings. The smallest absolute Gasteiger partial charge is 0.339 e. The molecule has 2 aromatic heterocycles. The summed E-state index contributed by atoms with van der Waals surface area (Å²) in [5.74, 6) is -1.55. The van der Waals surface area contributed by atoms with Crippen LogP contribution in [0.2, 0.25) is 5.02 Å². The van der Waals surface area contributed by atoms with Crippen LogP contribution >= 0.6 is 11.6 Å². The number of likely N-dealkylation sites (N-methyl/N-ethyl adjacent to an activating group) is 1. The van der Waals surface area contributed by atoms with Crippen LogP contribution in [0, 0.1) is 5.82 Å². The number of hydrogen-bond acceptors (Lipinski definition) is 5. The zero-order valence-corrected chi connectivity index (χ0v) is 19.5. The average Bonchev–Trinajstić information content (AvgIpc) is 3.17. The van der Waals surface area contributed by atoms with Gasteiger partial charge in [0.1, 0.15) is 5.82 Å². The molecule has 0 N–H and O–H groups in total. The zero-order chi connectivity index (χ0) is 23.6. The van der Waals surface area contributed by atoms with Crippen molar-refractivity contribution in [3.05, 3.63) is 58.1 Å². The van der Waals surface area contributed by atoms with Crippen molar-refractivity contribution in [2.75, 3.05) is 13.7 Å². The summed E-state index contributed by atoms with van der Waals surface area (Å²) in [7, 11) is 1.49. The quantitative estimate of drug-likeness (QED) is 0.476. The number of benzene rings is 1. The van der Waals surface area contributed by atoms with Gasteiger partial charge < -0.3 is 9.64 Å². The molecule has 9 heteroatoms. The number of hydrogen-bond donors (Lipinski definition) is 0. The second kappa shape index (κ2) is 9.65. The molecule has 0 radical (unpaired) electrons. The Labute approximate surface area is 191 Å². The number of amides is 1. The maximum absolute atomic E-state index is 14.0. The maximum Gasteiger partial charge on any atom is 0.339 e. The topological polar surface area (TPSA) is 77.3 Å². The van der Waals surface area contributed by atoms with Gasteiger partial charge >= 0.3 is 5.97 Å². The summed E-state index contributed by atoms with van der Waals surface area (Å²) < 4.78 is 21.0. The Hall–Kier alpha value is -3.00. The molecular formula is C23H26ClFN4O3. The second-order valence-electron chi connectivity index (χ2n) is 8.20. The Morgan fingerprint density at radius 2 is 1.97 bits per heavy atom. The molecule has 0 aliphatic rings. The van der Waals surface area contributed by atoms with Crippen molar-refractivity contribution in [3.8, 4) is 0 Å². The van der Waals surface area contributed by atoms with Crippen LogP contribution in [-0.4, -0.2) is 45.2 Å². The Kier molecular flexibility index (Phi) is 7.13. The molecule has 2 heterocycles. The Morgan fingerprint density at radius 1 is 1.25 bits per heavy atom. The third-order valence-electron chi connectivity index (χ3n) is 5.10. The second-order valence-corrected chi connectivity index (χ2v) is 8.60. The van der Waals surface area contributed by atoms with Gasteiger partial charge in [-0.1, -0.05) is 31.5 Å². The van der Waals surface area contributed by atoms with E-state index in [2.05, 4.69) is 10.1 Å². The normalized spacial score (nSPS) is 11.4. The highest BCUT2D eigenvalue weighted by atomic mass is 35.5. The number of carbonyl (C=O) groups is 2. The molecule has 3 rings (SSSR count). The first-order chi connectivity index (χ1) is 15.1. The highest BCUT2D eigenvalue weighted by Crippen LogP contribution is 2.25. The Bertz CT molecular complexity index is 1140. The van der Waals surface area contributed by atoms with Gasteiger partial charge in [0.2, 0.25) is 0 Å². The highest BCUT2D eigenvalue weighted by molar-refractivity contribution is 6.31. The van der Waals surface area contributed by atoms with E-state index in [1.54, 1.807) is 23.0 Å². The van der Waals surface area contributed by atoms with Crippen molar-refractivity contribution in [1.29, 1.82) is 0 Å². The molecule has 0 bridgehead atoms. The molecule has 32 heavy (non-hydrogen) atoms. The molecule has 7 nitrogen and oxygen atoms in total. The Morgan fingerprint density at radius 3 is 2.59 bits per heavy atom. The largest absolute Gasteiger partial charge is 0.452 e. The molecule has 0 saturated carbocycles. The number of esters is 1. The number of aromatic nitrogens is 3. The van der Waals surface area contributed by atoms with Crippen molar-refractivity contribution in [2.45, 2.75) is 46.2 Å². The van der Waals surface area contributed by atoms with Crippen LogP contribution in [-0.2, 0) is 16.1 Å². The van der Waals surface area contributed by atoms with Crippen molar-refractivity contribution in [2.24, 2.45) is 0 Å². The van der Waals surface area contributed by atoms with Gasteiger partial charge in [-0.05, 0) is 38.0 Å². The molecule has 0 atom stereocenters. The number of fused-ring (bicyclic) bond motifs is 1. The van der Waals surface area contributed by atoms with Crippen LogP contribution in [0.5, 0.6) is 0 Å². The molecule has 0 aliphatic heterocycles. The van der Waals surface area contributed by atoms with E-state index < -0.39 is 24.3 Å². The average molecular weight is 461 g/mol. The summed E-state index contributed by atoms with van der Waals surface area (Å²) >= 11 is 6.03.